The Hall–Kier alpha value is -2.20. The van der Waals surface area contributed by atoms with E-state index in [0.717, 1.165) is 15.8 Å². The van der Waals surface area contributed by atoms with E-state index in [-0.39, 0.29) is 5.91 Å². The minimum Gasteiger partial charge on any atom is -0.298 e. The zero-order valence-electron chi connectivity index (χ0n) is 12.2. The highest BCUT2D eigenvalue weighted by atomic mass is 32.1. The predicted molar refractivity (Wildman–Crippen MR) is 88.2 cm³/mol. The van der Waals surface area contributed by atoms with Crippen LogP contribution in [0.4, 0.5) is 5.13 Å². The Morgan fingerprint density at radius 1 is 1.10 bits per heavy atom. The van der Waals surface area contributed by atoms with Crippen molar-refractivity contribution in [3.8, 4) is 0 Å². The smallest absolute Gasteiger partial charge is 0.257 e. The van der Waals surface area contributed by atoms with Crippen LogP contribution in [0.3, 0.4) is 0 Å². The SMILES string of the molecule is Cc1cccc(C(=O)Nc2nc3cc(C)cc(C)c3s2)c1. The monoisotopic (exact) mass is 296 g/mol. The van der Waals surface area contributed by atoms with Gasteiger partial charge in [0, 0.05) is 5.56 Å². The molecule has 3 nitrogen and oxygen atoms in total. The molecule has 0 spiro atoms. The Labute approximate surface area is 127 Å². The number of nitrogens with zero attached hydrogens (tertiary/aromatic N) is 1. The number of hydrogen-bond donors (Lipinski definition) is 1. The van der Waals surface area contributed by atoms with Crippen LogP contribution in [0, 0.1) is 20.8 Å². The number of fused-ring (bicyclic) bond motifs is 1. The molecular formula is C17H16N2OS. The van der Waals surface area contributed by atoms with E-state index in [2.05, 4.69) is 30.2 Å². The van der Waals surface area contributed by atoms with E-state index in [1.165, 1.54) is 22.5 Å². The van der Waals surface area contributed by atoms with E-state index >= 15 is 0 Å². The molecule has 0 fully saturated rings. The van der Waals surface area contributed by atoms with E-state index in [0.29, 0.717) is 10.7 Å². The van der Waals surface area contributed by atoms with Crippen LogP contribution in [0.5, 0.6) is 0 Å². The molecule has 1 N–H and O–H groups in total. The standard InChI is InChI=1S/C17H16N2OS/c1-10-5-4-6-13(8-10)16(20)19-17-18-14-9-11(2)7-12(3)15(14)21-17/h4-9H,1-3H3,(H,18,19,20). The molecule has 0 atom stereocenters. The molecule has 0 aliphatic rings. The van der Waals surface area contributed by atoms with Gasteiger partial charge in [0.05, 0.1) is 10.2 Å². The molecule has 0 radical (unpaired) electrons. The Morgan fingerprint density at radius 2 is 1.90 bits per heavy atom. The number of amides is 1. The van der Waals surface area contributed by atoms with E-state index in [9.17, 15) is 4.79 Å². The molecule has 21 heavy (non-hydrogen) atoms. The number of carbonyl (C=O) groups excluding carboxylic acids is 1. The van der Waals surface area contributed by atoms with Crippen LogP contribution in [0.15, 0.2) is 36.4 Å². The molecule has 0 bridgehead atoms. The van der Waals surface area contributed by atoms with Crippen LogP contribution >= 0.6 is 11.3 Å². The number of anilines is 1. The Bertz CT molecular complexity index is 836. The lowest BCUT2D eigenvalue weighted by Gasteiger charge is -2.02. The summed E-state index contributed by atoms with van der Waals surface area (Å²) >= 11 is 1.52. The Morgan fingerprint density at radius 3 is 2.67 bits per heavy atom. The minimum atomic E-state index is -0.118. The number of aromatic nitrogens is 1. The molecule has 106 valence electrons. The highest BCUT2D eigenvalue weighted by Crippen LogP contribution is 2.30. The number of aryl methyl sites for hydroxylation is 3. The van der Waals surface area contributed by atoms with Gasteiger partial charge in [0.1, 0.15) is 0 Å². The van der Waals surface area contributed by atoms with Gasteiger partial charge in [-0.2, -0.15) is 0 Å². The Kier molecular flexibility index (Phi) is 3.47. The summed E-state index contributed by atoms with van der Waals surface area (Å²) in [6.07, 6.45) is 0. The Balaban J connectivity index is 1.91. The summed E-state index contributed by atoms with van der Waals surface area (Å²) in [5, 5.41) is 3.53. The molecular weight excluding hydrogens is 280 g/mol. The molecule has 4 heteroatoms. The lowest BCUT2D eigenvalue weighted by atomic mass is 10.1. The molecule has 0 unspecified atom stereocenters. The molecule has 1 heterocycles. The maximum absolute atomic E-state index is 12.3. The lowest BCUT2D eigenvalue weighted by molar-refractivity contribution is 0.102. The fourth-order valence-corrected chi connectivity index (χ4v) is 3.30. The van der Waals surface area contributed by atoms with Crippen molar-refractivity contribution in [3.63, 3.8) is 0 Å². The average molecular weight is 296 g/mol. The van der Waals surface area contributed by atoms with Gasteiger partial charge in [-0.05, 0) is 50.1 Å². The number of hydrogen-bond acceptors (Lipinski definition) is 3. The maximum atomic E-state index is 12.3. The van der Waals surface area contributed by atoms with Gasteiger partial charge in [0.2, 0.25) is 0 Å². The van der Waals surface area contributed by atoms with E-state index in [1.54, 1.807) is 0 Å². The van der Waals surface area contributed by atoms with E-state index in [1.807, 2.05) is 37.3 Å². The minimum absolute atomic E-state index is 0.118. The summed E-state index contributed by atoms with van der Waals surface area (Å²) in [6.45, 7) is 6.09. The lowest BCUT2D eigenvalue weighted by Crippen LogP contribution is -2.11. The van der Waals surface area contributed by atoms with Crippen LogP contribution in [0.25, 0.3) is 10.2 Å². The fourth-order valence-electron chi connectivity index (χ4n) is 2.39. The normalized spacial score (nSPS) is 10.8. The van der Waals surface area contributed by atoms with Gasteiger partial charge < -0.3 is 0 Å². The highest BCUT2D eigenvalue weighted by Gasteiger charge is 2.11. The number of nitrogens with one attached hydrogen (secondary N) is 1. The van der Waals surface area contributed by atoms with E-state index < -0.39 is 0 Å². The van der Waals surface area contributed by atoms with Crippen molar-refractivity contribution in [2.75, 3.05) is 5.32 Å². The summed E-state index contributed by atoms with van der Waals surface area (Å²) in [5.41, 5.74) is 5.04. The van der Waals surface area contributed by atoms with Crippen LogP contribution in [0.1, 0.15) is 27.0 Å². The quantitative estimate of drug-likeness (QED) is 0.758. The summed E-state index contributed by atoms with van der Waals surface area (Å²) in [4.78, 5) is 16.8. The van der Waals surface area contributed by atoms with Crippen LogP contribution in [-0.2, 0) is 0 Å². The second kappa shape index (κ2) is 5.30. The zero-order valence-corrected chi connectivity index (χ0v) is 13.0. The summed E-state index contributed by atoms with van der Waals surface area (Å²) in [7, 11) is 0. The van der Waals surface area contributed by atoms with Gasteiger partial charge in [-0.15, -0.1) is 0 Å². The molecule has 1 aromatic heterocycles. The van der Waals surface area contributed by atoms with Crippen molar-refractivity contribution in [1.82, 2.24) is 4.98 Å². The number of thiazole rings is 1. The molecule has 0 saturated heterocycles. The van der Waals surface area contributed by atoms with Crippen LogP contribution < -0.4 is 5.32 Å². The molecule has 2 aromatic carbocycles. The first kappa shape index (κ1) is 13.8. The third-order valence-corrected chi connectivity index (χ3v) is 4.44. The molecule has 0 aliphatic carbocycles. The van der Waals surface area contributed by atoms with Gasteiger partial charge in [-0.3, -0.25) is 10.1 Å². The fraction of sp³-hybridized carbons (Fsp3) is 0.176. The largest absolute Gasteiger partial charge is 0.298 e. The first-order valence-electron chi connectivity index (χ1n) is 6.79. The number of benzene rings is 2. The first-order valence-corrected chi connectivity index (χ1v) is 7.60. The third-order valence-electron chi connectivity index (χ3n) is 3.32. The van der Waals surface area contributed by atoms with Crippen molar-refractivity contribution >= 4 is 32.6 Å². The molecule has 3 aromatic rings. The van der Waals surface area contributed by atoms with Gasteiger partial charge in [-0.25, -0.2) is 4.98 Å². The first-order chi connectivity index (χ1) is 10.0. The highest BCUT2D eigenvalue weighted by molar-refractivity contribution is 7.22. The van der Waals surface area contributed by atoms with Gasteiger partial charge in [0.25, 0.3) is 5.91 Å². The third kappa shape index (κ3) is 2.81. The summed E-state index contributed by atoms with van der Waals surface area (Å²) in [5.74, 6) is -0.118. The maximum Gasteiger partial charge on any atom is 0.257 e. The topological polar surface area (TPSA) is 42.0 Å². The zero-order chi connectivity index (χ0) is 15.0. The molecule has 1 amide bonds. The predicted octanol–water partition coefficient (Wildman–Crippen LogP) is 4.47. The van der Waals surface area contributed by atoms with Crippen molar-refractivity contribution in [3.05, 3.63) is 58.7 Å². The van der Waals surface area contributed by atoms with Gasteiger partial charge in [0.15, 0.2) is 5.13 Å². The van der Waals surface area contributed by atoms with E-state index in [4.69, 9.17) is 0 Å². The second-order valence-electron chi connectivity index (χ2n) is 5.27. The number of rotatable bonds is 2. The van der Waals surface area contributed by atoms with Crippen molar-refractivity contribution in [2.24, 2.45) is 0 Å². The molecule has 0 saturated carbocycles. The summed E-state index contributed by atoms with van der Waals surface area (Å²) in [6, 6.07) is 11.7. The molecule has 0 aliphatic heterocycles. The van der Waals surface area contributed by atoms with Crippen LogP contribution in [-0.4, -0.2) is 10.9 Å². The van der Waals surface area contributed by atoms with Gasteiger partial charge in [-0.1, -0.05) is 35.1 Å². The second-order valence-corrected chi connectivity index (χ2v) is 6.27. The van der Waals surface area contributed by atoms with Crippen molar-refractivity contribution < 1.29 is 4.79 Å². The van der Waals surface area contributed by atoms with Crippen molar-refractivity contribution in [1.29, 1.82) is 0 Å². The van der Waals surface area contributed by atoms with Crippen molar-refractivity contribution in [2.45, 2.75) is 20.8 Å². The summed E-state index contributed by atoms with van der Waals surface area (Å²) < 4.78 is 1.13. The van der Waals surface area contributed by atoms with Gasteiger partial charge >= 0.3 is 0 Å². The average Bonchev–Trinajstić information content (AvgIpc) is 2.81. The molecule has 3 rings (SSSR count). The number of carbonyl (C=O) groups is 1. The van der Waals surface area contributed by atoms with Crippen LogP contribution in [0.2, 0.25) is 0 Å².